The minimum Gasteiger partial charge on any atom is -0.290 e. The van der Waals surface area contributed by atoms with E-state index in [0.29, 0.717) is 5.71 Å². The number of hydrogen-bond donors (Lipinski definition) is 0. The highest BCUT2D eigenvalue weighted by Gasteiger charge is 2.33. The van der Waals surface area contributed by atoms with Gasteiger partial charge in [0.25, 0.3) is 0 Å². The third kappa shape index (κ3) is 4.24. The highest BCUT2D eigenvalue weighted by atomic mass is 35.5. The third-order valence-electron chi connectivity index (χ3n) is 5.24. The predicted molar refractivity (Wildman–Crippen MR) is 127 cm³/mol. The van der Waals surface area contributed by atoms with Crippen molar-refractivity contribution in [2.75, 3.05) is 13.1 Å². The lowest BCUT2D eigenvalue weighted by Gasteiger charge is -2.38. The van der Waals surface area contributed by atoms with Crippen LogP contribution in [0.4, 0.5) is 0 Å². The van der Waals surface area contributed by atoms with Gasteiger partial charge in [0.05, 0.1) is 10.1 Å². The van der Waals surface area contributed by atoms with Gasteiger partial charge < -0.3 is 0 Å². The van der Waals surface area contributed by atoms with Gasteiger partial charge in [-0.05, 0) is 12.8 Å². The molecule has 1 heterocycles. The Balaban J connectivity index is 1.98. The molecule has 2 aromatic carbocycles. The van der Waals surface area contributed by atoms with Gasteiger partial charge in [0.2, 0.25) is 0 Å². The quantitative estimate of drug-likeness (QED) is 0.349. The van der Waals surface area contributed by atoms with Crippen molar-refractivity contribution in [2.24, 2.45) is 9.96 Å². The Morgan fingerprint density at radius 1 is 0.767 bits per heavy atom. The van der Waals surface area contributed by atoms with Gasteiger partial charge in [-0.25, -0.2) is 0 Å². The van der Waals surface area contributed by atoms with Crippen LogP contribution in [-0.4, -0.2) is 29.3 Å². The molecule has 30 heavy (non-hydrogen) atoms. The first-order chi connectivity index (χ1) is 14.6. The Labute approximate surface area is 187 Å². The molecule has 2 aromatic rings. The molecule has 0 amide bonds. The van der Waals surface area contributed by atoms with Gasteiger partial charge in [0.1, 0.15) is 12.9 Å². The molecule has 0 unspecified atom stereocenters. The first kappa shape index (κ1) is 21.3. The van der Waals surface area contributed by atoms with E-state index in [-0.39, 0.29) is 15.8 Å². The van der Waals surface area contributed by atoms with Gasteiger partial charge in [-0.15, -0.1) is 9.96 Å². The maximum absolute atomic E-state index is 11.7. The molecule has 154 valence electrons. The maximum atomic E-state index is 11.7. The van der Waals surface area contributed by atoms with Crippen molar-refractivity contribution < 1.29 is 4.79 Å². The number of ketones is 1. The topological polar surface area (TPSA) is 45.0 Å². The van der Waals surface area contributed by atoms with Gasteiger partial charge in [0.15, 0.2) is 5.78 Å². The van der Waals surface area contributed by atoms with Crippen LogP contribution >= 0.6 is 30.4 Å². The second kappa shape index (κ2) is 9.45. The number of rotatable bonds is 4. The molecule has 0 atom stereocenters. The van der Waals surface area contributed by atoms with Gasteiger partial charge >= 0.3 is 0 Å². The smallest absolute Gasteiger partial charge is 0.181 e. The molecule has 1 saturated heterocycles. The summed E-state index contributed by atoms with van der Waals surface area (Å²) < 4.78 is 2.48. The fourth-order valence-corrected chi connectivity index (χ4v) is 7.89. The van der Waals surface area contributed by atoms with Crippen LogP contribution in [0.1, 0.15) is 19.3 Å². The van der Waals surface area contributed by atoms with Crippen molar-refractivity contribution in [3.63, 3.8) is 0 Å². The monoisotopic (exact) mass is 457 g/mol. The average Bonchev–Trinajstić information content (AvgIpc) is 2.78. The summed E-state index contributed by atoms with van der Waals surface area (Å²) >= 11 is 12.6. The SMILES string of the molecule is O=C1C=C(Cl)C(=NN=P(c2ccccc2)(c2ccccc2)N2CCCCC2)C(Cl)=C1. The van der Waals surface area contributed by atoms with Crippen molar-refractivity contribution in [2.45, 2.75) is 19.3 Å². The van der Waals surface area contributed by atoms with Crippen molar-refractivity contribution in [3.05, 3.63) is 82.9 Å². The van der Waals surface area contributed by atoms with E-state index in [1.165, 1.54) is 18.6 Å². The van der Waals surface area contributed by atoms with Gasteiger partial charge in [-0.1, -0.05) is 90.3 Å². The largest absolute Gasteiger partial charge is 0.290 e. The Kier molecular flexibility index (Phi) is 6.70. The van der Waals surface area contributed by atoms with Crippen LogP contribution in [0.25, 0.3) is 0 Å². The Bertz CT molecular complexity index is 1000. The standard InChI is InChI=1S/C23H22Cl2N3OP/c24-21-16-18(29)17-22(25)23(21)26-27-30(19-10-4-1-5-11-19,20-12-6-2-7-13-20)28-14-8-3-9-15-28/h1-2,4-7,10-13,16-17H,3,8-9,14-15H2. The van der Waals surface area contributed by atoms with E-state index in [1.807, 2.05) is 36.4 Å². The number of carbonyl (C=O) groups is 1. The Hall–Kier alpha value is -1.97. The lowest BCUT2D eigenvalue weighted by Crippen LogP contribution is -2.36. The minimum absolute atomic E-state index is 0.217. The van der Waals surface area contributed by atoms with Crippen LogP contribution in [-0.2, 0) is 4.79 Å². The summed E-state index contributed by atoms with van der Waals surface area (Å²) in [5.41, 5.74) is 0.339. The molecule has 1 fully saturated rings. The first-order valence-corrected chi connectivity index (χ1v) is 12.4. The normalized spacial score (nSPS) is 17.9. The highest BCUT2D eigenvalue weighted by molar-refractivity contribution is 7.78. The summed E-state index contributed by atoms with van der Waals surface area (Å²) in [7, 11) is -2.40. The zero-order valence-corrected chi connectivity index (χ0v) is 18.8. The molecule has 1 aliphatic carbocycles. The van der Waals surface area contributed by atoms with Crippen LogP contribution in [0.2, 0.25) is 0 Å². The molecule has 4 rings (SSSR count). The van der Waals surface area contributed by atoms with Gasteiger partial charge in [-0.2, -0.15) is 0 Å². The zero-order valence-electron chi connectivity index (χ0n) is 16.4. The summed E-state index contributed by atoms with van der Waals surface area (Å²) in [4.78, 5) is 16.7. The van der Waals surface area contributed by atoms with E-state index in [0.717, 1.165) is 36.5 Å². The van der Waals surface area contributed by atoms with Crippen molar-refractivity contribution in [1.29, 1.82) is 0 Å². The molecule has 0 saturated carbocycles. The molecule has 0 radical (unpaired) electrons. The zero-order chi connectivity index (χ0) is 21.0. The second-order valence-electron chi connectivity index (χ2n) is 7.21. The first-order valence-electron chi connectivity index (χ1n) is 9.96. The molecule has 2 aliphatic rings. The van der Waals surface area contributed by atoms with E-state index in [4.69, 9.17) is 28.1 Å². The lowest BCUT2D eigenvalue weighted by molar-refractivity contribution is -0.110. The van der Waals surface area contributed by atoms with Crippen LogP contribution in [0.3, 0.4) is 0 Å². The van der Waals surface area contributed by atoms with Gasteiger partial charge in [0, 0.05) is 35.9 Å². The van der Waals surface area contributed by atoms with E-state index in [2.05, 4.69) is 34.0 Å². The summed E-state index contributed by atoms with van der Waals surface area (Å²) in [6.45, 7) is 1.91. The molecule has 1 aliphatic heterocycles. The van der Waals surface area contributed by atoms with Crippen molar-refractivity contribution in [1.82, 2.24) is 4.67 Å². The molecule has 4 nitrogen and oxygen atoms in total. The number of halogens is 2. The van der Waals surface area contributed by atoms with E-state index >= 15 is 0 Å². The maximum Gasteiger partial charge on any atom is 0.181 e. The fourth-order valence-electron chi connectivity index (χ4n) is 3.82. The summed E-state index contributed by atoms with van der Waals surface area (Å²) in [6.07, 6.45) is 6.13. The molecular weight excluding hydrogens is 436 g/mol. The van der Waals surface area contributed by atoms with Crippen molar-refractivity contribution in [3.8, 4) is 0 Å². The van der Waals surface area contributed by atoms with E-state index in [1.54, 1.807) is 0 Å². The minimum atomic E-state index is -2.40. The molecule has 0 bridgehead atoms. The number of benzene rings is 2. The molecular formula is C23H22Cl2N3OP. The molecule has 7 heteroatoms. The number of nitrogens with zero attached hydrogens (tertiary/aromatic N) is 3. The Morgan fingerprint density at radius 3 is 1.77 bits per heavy atom. The number of piperidine rings is 1. The third-order valence-corrected chi connectivity index (χ3v) is 9.42. The second-order valence-corrected chi connectivity index (χ2v) is 11.0. The van der Waals surface area contributed by atoms with Gasteiger partial charge in [-0.3, -0.25) is 9.46 Å². The van der Waals surface area contributed by atoms with Crippen LogP contribution in [0.15, 0.2) is 92.8 Å². The number of hydrogen-bond acceptors (Lipinski definition) is 2. The predicted octanol–water partition coefficient (Wildman–Crippen LogP) is 5.42. The molecule has 0 spiro atoms. The fraction of sp³-hybridized carbons (Fsp3) is 0.217. The molecule has 0 N–H and O–H groups in total. The van der Waals surface area contributed by atoms with E-state index in [9.17, 15) is 4.79 Å². The Morgan fingerprint density at radius 2 is 1.27 bits per heavy atom. The molecule has 0 aromatic heterocycles. The summed E-state index contributed by atoms with van der Waals surface area (Å²) in [5, 5.41) is 7.28. The summed E-state index contributed by atoms with van der Waals surface area (Å²) in [6, 6.07) is 20.7. The van der Waals surface area contributed by atoms with Crippen LogP contribution in [0.5, 0.6) is 0 Å². The highest BCUT2D eigenvalue weighted by Crippen LogP contribution is 2.52. The van der Waals surface area contributed by atoms with Crippen LogP contribution < -0.4 is 10.6 Å². The van der Waals surface area contributed by atoms with Crippen molar-refractivity contribution >= 4 is 52.5 Å². The lowest BCUT2D eigenvalue weighted by atomic mass is 10.1. The van der Waals surface area contributed by atoms with Crippen LogP contribution in [0, 0.1) is 0 Å². The van der Waals surface area contributed by atoms with E-state index < -0.39 is 7.21 Å². The summed E-state index contributed by atoms with van der Waals surface area (Å²) in [5.74, 6) is -0.243. The number of allylic oxidation sites excluding steroid dienone is 4. The number of carbonyl (C=O) groups excluding carboxylic acids is 1. The average molecular weight is 458 g/mol.